The van der Waals surface area contributed by atoms with Crippen LogP contribution in [0.1, 0.15) is 99.3 Å². The van der Waals surface area contributed by atoms with Gasteiger partial charge in [0.05, 0.1) is 0 Å². The van der Waals surface area contributed by atoms with E-state index in [0.717, 1.165) is 44.2 Å². The Bertz CT molecular complexity index is 1000. The number of rotatable bonds is 7. The fraction of sp³-hybridized carbons (Fsp3) is 0.679. The van der Waals surface area contributed by atoms with Crippen LogP contribution in [0.15, 0.2) is 17.6 Å². The number of nitrogens with zero attached hydrogens (tertiary/aromatic N) is 1. The van der Waals surface area contributed by atoms with Gasteiger partial charge in [0.2, 0.25) is 0 Å². The molecule has 2 saturated carbocycles. The minimum absolute atomic E-state index is 0.553. The summed E-state index contributed by atoms with van der Waals surface area (Å²) < 4.78 is 27.7. The van der Waals surface area contributed by atoms with E-state index in [-0.39, 0.29) is 0 Å². The number of benzene rings is 1. The topological polar surface area (TPSA) is 78.5 Å². The number of carbonyl (C=O) groups is 1. The van der Waals surface area contributed by atoms with Crippen LogP contribution in [0.2, 0.25) is 0 Å². The third-order valence-electron chi connectivity index (χ3n) is 8.63. The third kappa shape index (κ3) is 5.93. The molecule has 4 aliphatic rings. The van der Waals surface area contributed by atoms with E-state index in [1.54, 1.807) is 6.08 Å². The van der Waals surface area contributed by atoms with E-state index in [1.165, 1.54) is 91.9 Å². The van der Waals surface area contributed by atoms with Crippen LogP contribution in [0.5, 0.6) is 0 Å². The Morgan fingerprint density at radius 1 is 0.829 bits per heavy atom. The predicted molar refractivity (Wildman–Crippen MR) is 141 cm³/mol. The molecule has 2 N–H and O–H groups in total. The molecule has 2 amide bonds. The van der Waals surface area contributed by atoms with Gasteiger partial charge in [-0.05, 0) is 86.5 Å². The fourth-order valence-corrected chi connectivity index (χ4v) is 7.70. The lowest BCUT2D eigenvalue weighted by molar-refractivity contribution is 0.0939. The van der Waals surface area contributed by atoms with E-state index in [1.807, 2.05) is 0 Å². The maximum atomic E-state index is 12.8. The average Bonchev–Trinajstić information content (AvgIpc) is 3.52. The van der Waals surface area contributed by atoms with Crippen LogP contribution in [0.4, 0.5) is 10.5 Å². The largest absolute Gasteiger partial charge is 0.333 e. The Morgan fingerprint density at radius 3 is 1.91 bits per heavy atom. The molecule has 7 heteroatoms. The molecule has 0 aromatic heterocycles. The van der Waals surface area contributed by atoms with Crippen molar-refractivity contribution in [1.82, 2.24) is 9.62 Å². The maximum absolute atomic E-state index is 12.8. The number of hydrogen-bond donors (Lipinski definition) is 2. The molecule has 5 rings (SSSR count). The zero-order valence-electron chi connectivity index (χ0n) is 21.0. The molecule has 6 nitrogen and oxygen atoms in total. The first-order valence-electron chi connectivity index (χ1n) is 13.9. The van der Waals surface area contributed by atoms with Gasteiger partial charge in [-0.2, -0.15) is 0 Å². The first-order chi connectivity index (χ1) is 17.0. The lowest BCUT2D eigenvalue weighted by Gasteiger charge is -2.41. The second-order valence-electron chi connectivity index (χ2n) is 11.0. The second kappa shape index (κ2) is 11.0. The van der Waals surface area contributed by atoms with Gasteiger partial charge in [-0.15, -0.1) is 0 Å². The zero-order chi connectivity index (χ0) is 24.3. The Balaban J connectivity index is 1.23. The maximum Gasteiger partial charge on any atom is 0.333 e. The standard InChI is InChI=1S/C28H41N3O3S/c32-28(29-27-25-16-7-10-21(25)20-22-11-8-17-26(22)27)30-35(33,34)19-9-18-31(23-12-3-1-4-13-23)24-14-5-2-6-15-24/h9,19-20,23-24H,1-8,10-18H2,(H2,29,30,32)/b19-9+. The highest BCUT2D eigenvalue weighted by atomic mass is 32.2. The van der Waals surface area contributed by atoms with Crippen molar-refractivity contribution in [2.24, 2.45) is 0 Å². The molecular weight excluding hydrogens is 458 g/mol. The summed E-state index contributed by atoms with van der Waals surface area (Å²) in [4.78, 5) is 15.3. The van der Waals surface area contributed by atoms with E-state index in [0.29, 0.717) is 18.6 Å². The quantitative estimate of drug-likeness (QED) is 0.512. The van der Waals surface area contributed by atoms with Gasteiger partial charge in [0.25, 0.3) is 10.0 Å². The summed E-state index contributed by atoms with van der Waals surface area (Å²) in [6.07, 6.45) is 20.4. The van der Waals surface area contributed by atoms with Gasteiger partial charge in [-0.3, -0.25) is 4.90 Å². The molecule has 1 aromatic rings. The molecule has 0 heterocycles. The van der Waals surface area contributed by atoms with E-state index in [4.69, 9.17) is 0 Å². The number of nitrogens with one attached hydrogen (secondary N) is 2. The van der Waals surface area contributed by atoms with Crippen LogP contribution >= 0.6 is 0 Å². The molecule has 35 heavy (non-hydrogen) atoms. The van der Waals surface area contributed by atoms with Gasteiger partial charge < -0.3 is 5.32 Å². The van der Waals surface area contributed by atoms with Crippen molar-refractivity contribution in [3.63, 3.8) is 0 Å². The number of anilines is 1. The molecule has 0 radical (unpaired) electrons. The fourth-order valence-electron chi connectivity index (χ4n) is 6.98. The smallest absolute Gasteiger partial charge is 0.307 e. The minimum Gasteiger partial charge on any atom is -0.307 e. The van der Waals surface area contributed by atoms with Crippen molar-refractivity contribution in [3.05, 3.63) is 39.8 Å². The van der Waals surface area contributed by atoms with E-state index in [2.05, 4.69) is 21.0 Å². The van der Waals surface area contributed by atoms with Crippen LogP contribution in [0.25, 0.3) is 0 Å². The lowest BCUT2D eigenvalue weighted by atomic mass is 9.88. The van der Waals surface area contributed by atoms with Crippen molar-refractivity contribution >= 4 is 21.7 Å². The van der Waals surface area contributed by atoms with Crippen molar-refractivity contribution in [1.29, 1.82) is 0 Å². The number of urea groups is 1. The molecule has 0 aliphatic heterocycles. The molecule has 0 unspecified atom stereocenters. The summed E-state index contributed by atoms with van der Waals surface area (Å²) in [5.41, 5.74) is 5.89. The molecule has 0 saturated heterocycles. The second-order valence-corrected chi connectivity index (χ2v) is 12.6. The third-order valence-corrected chi connectivity index (χ3v) is 9.65. The number of carbonyl (C=O) groups excluding carboxylic acids is 1. The van der Waals surface area contributed by atoms with Gasteiger partial charge in [0.15, 0.2) is 0 Å². The molecule has 192 valence electrons. The Morgan fingerprint density at radius 2 is 1.37 bits per heavy atom. The van der Waals surface area contributed by atoms with Crippen LogP contribution in [-0.2, 0) is 35.7 Å². The summed E-state index contributed by atoms with van der Waals surface area (Å²) in [5.74, 6) is 0. The highest BCUT2D eigenvalue weighted by molar-refractivity contribution is 7.92. The minimum atomic E-state index is -3.86. The summed E-state index contributed by atoms with van der Waals surface area (Å²) in [7, 11) is -3.86. The Labute approximate surface area is 211 Å². The number of aryl methyl sites for hydroxylation is 2. The van der Waals surface area contributed by atoms with Crippen molar-refractivity contribution in [3.8, 4) is 0 Å². The normalized spacial score (nSPS) is 21.4. The first-order valence-corrected chi connectivity index (χ1v) is 15.5. The van der Waals surface area contributed by atoms with Crippen LogP contribution in [0.3, 0.4) is 0 Å². The number of amides is 2. The number of hydrogen-bond acceptors (Lipinski definition) is 4. The summed E-state index contributed by atoms with van der Waals surface area (Å²) >= 11 is 0. The van der Waals surface area contributed by atoms with Crippen LogP contribution in [-0.4, -0.2) is 38.0 Å². The Hall–Kier alpha value is -1.86. The molecule has 0 bridgehead atoms. The Kier molecular flexibility index (Phi) is 7.83. The van der Waals surface area contributed by atoms with Gasteiger partial charge >= 0.3 is 6.03 Å². The van der Waals surface area contributed by atoms with Crippen LogP contribution < -0.4 is 10.0 Å². The zero-order valence-corrected chi connectivity index (χ0v) is 21.8. The van der Waals surface area contributed by atoms with Gasteiger partial charge in [-0.1, -0.05) is 50.7 Å². The van der Waals surface area contributed by atoms with Crippen molar-refractivity contribution in [2.45, 2.75) is 115 Å². The first kappa shape index (κ1) is 24.8. The van der Waals surface area contributed by atoms with Gasteiger partial charge in [-0.25, -0.2) is 17.9 Å². The van der Waals surface area contributed by atoms with E-state index < -0.39 is 16.1 Å². The van der Waals surface area contributed by atoms with E-state index in [9.17, 15) is 13.2 Å². The average molecular weight is 500 g/mol. The predicted octanol–water partition coefficient (Wildman–Crippen LogP) is 5.60. The van der Waals surface area contributed by atoms with Crippen LogP contribution in [0, 0.1) is 0 Å². The summed E-state index contributed by atoms with van der Waals surface area (Å²) in [6, 6.07) is 2.76. The van der Waals surface area contributed by atoms with Gasteiger partial charge in [0.1, 0.15) is 0 Å². The molecule has 1 aromatic carbocycles. The van der Waals surface area contributed by atoms with Crippen molar-refractivity contribution in [2.75, 3.05) is 11.9 Å². The van der Waals surface area contributed by atoms with Crippen molar-refractivity contribution < 1.29 is 13.2 Å². The highest BCUT2D eigenvalue weighted by Gasteiger charge is 2.28. The van der Waals surface area contributed by atoms with Gasteiger partial charge in [0, 0.05) is 29.7 Å². The molecule has 0 spiro atoms. The summed E-state index contributed by atoms with van der Waals surface area (Å²) in [6.45, 7) is 0.636. The SMILES string of the molecule is O=C(Nc1c2c(cc3c1CCC3)CCC2)NS(=O)(=O)/C=C/CN(C1CCCCC1)C1CCCCC1. The van der Waals surface area contributed by atoms with E-state index >= 15 is 0 Å². The molecule has 4 aliphatic carbocycles. The number of sulfonamides is 1. The highest BCUT2D eigenvalue weighted by Crippen LogP contribution is 2.38. The molecule has 2 fully saturated rings. The lowest BCUT2D eigenvalue weighted by Crippen LogP contribution is -2.45. The molecule has 0 atom stereocenters. The summed E-state index contributed by atoms with van der Waals surface area (Å²) in [5, 5.41) is 4.13. The monoisotopic (exact) mass is 499 g/mol. The number of fused-ring (bicyclic) bond motifs is 2. The molecular formula is C28H41N3O3S.